The lowest BCUT2D eigenvalue weighted by atomic mass is 10.1. The third-order valence-electron chi connectivity index (χ3n) is 3.01. The van der Waals surface area contributed by atoms with Crippen LogP contribution in [0.1, 0.15) is 42.4 Å². The summed E-state index contributed by atoms with van der Waals surface area (Å²) >= 11 is 0. The Kier molecular flexibility index (Phi) is 6.25. The first kappa shape index (κ1) is 16.2. The summed E-state index contributed by atoms with van der Waals surface area (Å²) in [4.78, 5) is 16.0. The number of nitrogens with zero attached hydrogens (tertiary/aromatic N) is 2. The van der Waals surface area contributed by atoms with Crippen molar-refractivity contribution in [3.05, 3.63) is 54.1 Å². The van der Waals surface area contributed by atoms with E-state index in [1.807, 2.05) is 48.7 Å². The van der Waals surface area contributed by atoms with Gasteiger partial charge < -0.3 is 9.30 Å². The number of esters is 1. The Balaban J connectivity index is 0.00000200. The summed E-state index contributed by atoms with van der Waals surface area (Å²) in [5.74, 6) is -0.317. The first-order valence-electron chi connectivity index (χ1n) is 6.48. The second-order valence-electron chi connectivity index (χ2n) is 4.41. The van der Waals surface area contributed by atoms with Crippen molar-refractivity contribution in [1.29, 1.82) is 0 Å². The normalized spacial score (nSPS) is 11.5. The fraction of sp³-hybridized carbons (Fsp3) is 0.333. The zero-order valence-corrected chi connectivity index (χ0v) is 12.5. The van der Waals surface area contributed by atoms with Gasteiger partial charge in [0.1, 0.15) is 5.69 Å². The maximum atomic E-state index is 11.9. The molecule has 0 aliphatic heterocycles. The highest BCUT2D eigenvalue weighted by atomic mass is 35.5. The molecule has 5 heteroatoms. The predicted octanol–water partition coefficient (Wildman–Crippen LogP) is 3.48. The van der Waals surface area contributed by atoms with Crippen LogP contribution in [-0.2, 0) is 4.74 Å². The van der Waals surface area contributed by atoms with Crippen LogP contribution in [0, 0.1) is 0 Å². The number of carbonyl (C=O) groups excluding carboxylic acids is 1. The fourth-order valence-corrected chi connectivity index (χ4v) is 1.93. The highest BCUT2D eigenvalue weighted by Crippen LogP contribution is 2.19. The number of imidazole rings is 1. The van der Waals surface area contributed by atoms with Gasteiger partial charge in [-0.2, -0.15) is 0 Å². The molecule has 108 valence electrons. The fourth-order valence-electron chi connectivity index (χ4n) is 1.93. The molecule has 1 aromatic carbocycles. The zero-order chi connectivity index (χ0) is 13.7. The van der Waals surface area contributed by atoms with Crippen LogP contribution in [0.25, 0.3) is 0 Å². The summed E-state index contributed by atoms with van der Waals surface area (Å²) in [7, 11) is 0. The Bertz CT molecular complexity index is 540. The van der Waals surface area contributed by atoms with Gasteiger partial charge in [0.05, 0.1) is 25.2 Å². The van der Waals surface area contributed by atoms with Crippen molar-refractivity contribution in [2.24, 2.45) is 0 Å². The number of hydrogen-bond donors (Lipinski definition) is 0. The Morgan fingerprint density at radius 3 is 2.70 bits per heavy atom. The van der Waals surface area contributed by atoms with Gasteiger partial charge in [0.2, 0.25) is 0 Å². The van der Waals surface area contributed by atoms with Crippen LogP contribution < -0.4 is 0 Å². The van der Waals surface area contributed by atoms with Crippen molar-refractivity contribution in [2.75, 3.05) is 6.61 Å². The number of halogens is 1. The molecule has 0 bridgehead atoms. The minimum Gasteiger partial charge on any atom is -0.461 e. The lowest BCUT2D eigenvalue weighted by Gasteiger charge is -2.16. The maximum absolute atomic E-state index is 11.9. The number of ether oxygens (including phenoxy) is 1. The molecule has 0 aliphatic carbocycles. The Hall–Kier alpha value is -1.81. The van der Waals surface area contributed by atoms with Crippen LogP contribution in [0.2, 0.25) is 0 Å². The van der Waals surface area contributed by atoms with Crippen molar-refractivity contribution in [1.82, 2.24) is 9.55 Å². The van der Waals surface area contributed by atoms with E-state index >= 15 is 0 Å². The number of aromatic nitrogens is 2. The number of benzene rings is 1. The molecular formula is C15H19ClN2O2. The lowest BCUT2D eigenvalue weighted by Crippen LogP contribution is -2.15. The van der Waals surface area contributed by atoms with Gasteiger partial charge >= 0.3 is 5.97 Å². The van der Waals surface area contributed by atoms with Gasteiger partial charge in [0.25, 0.3) is 0 Å². The lowest BCUT2D eigenvalue weighted by molar-refractivity contribution is 0.0491. The molecule has 0 spiro atoms. The van der Waals surface area contributed by atoms with Gasteiger partial charge in [-0.1, -0.05) is 37.3 Å². The van der Waals surface area contributed by atoms with E-state index in [2.05, 4.69) is 4.98 Å². The Morgan fingerprint density at radius 2 is 2.05 bits per heavy atom. The van der Waals surface area contributed by atoms with Gasteiger partial charge in [-0.15, -0.1) is 12.4 Å². The van der Waals surface area contributed by atoms with Crippen LogP contribution in [0.15, 0.2) is 42.9 Å². The average Bonchev–Trinajstić information content (AvgIpc) is 2.94. The third-order valence-corrected chi connectivity index (χ3v) is 3.01. The van der Waals surface area contributed by atoms with Crippen LogP contribution in [0.5, 0.6) is 0 Å². The van der Waals surface area contributed by atoms with Crippen LogP contribution >= 0.6 is 12.4 Å². The van der Waals surface area contributed by atoms with Gasteiger partial charge in [0.15, 0.2) is 0 Å². The molecule has 0 N–H and O–H groups in total. The number of hydrogen-bond acceptors (Lipinski definition) is 3. The largest absolute Gasteiger partial charge is 0.461 e. The molecule has 0 aliphatic rings. The van der Waals surface area contributed by atoms with Crippen molar-refractivity contribution < 1.29 is 9.53 Å². The summed E-state index contributed by atoms with van der Waals surface area (Å²) in [6.07, 6.45) is 4.03. The molecule has 2 aromatic rings. The monoisotopic (exact) mass is 294 g/mol. The van der Waals surface area contributed by atoms with E-state index < -0.39 is 0 Å². The molecule has 0 saturated heterocycles. The van der Waals surface area contributed by atoms with E-state index in [1.54, 1.807) is 12.5 Å². The molecule has 0 fully saturated rings. The highest BCUT2D eigenvalue weighted by molar-refractivity contribution is 5.87. The predicted molar refractivity (Wildman–Crippen MR) is 80.3 cm³/mol. The number of rotatable bonds is 5. The average molecular weight is 295 g/mol. The van der Waals surface area contributed by atoms with E-state index in [0.717, 1.165) is 12.0 Å². The van der Waals surface area contributed by atoms with E-state index in [1.165, 1.54) is 0 Å². The van der Waals surface area contributed by atoms with E-state index in [0.29, 0.717) is 12.3 Å². The van der Waals surface area contributed by atoms with E-state index in [9.17, 15) is 4.79 Å². The summed E-state index contributed by atoms with van der Waals surface area (Å²) in [5, 5.41) is 0. The minimum atomic E-state index is -0.317. The maximum Gasteiger partial charge on any atom is 0.356 e. The highest BCUT2D eigenvalue weighted by Gasteiger charge is 2.17. The standard InChI is InChI=1S/C15H18N2O2.ClH/c1-3-9-19-15(18)14-10-16-11-17(14)12(2)13-7-5-4-6-8-13;/h4-8,10-12H,3,9H2,1-2H3;1H/t12-;/m0./s1. The molecule has 1 atom stereocenters. The molecule has 20 heavy (non-hydrogen) atoms. The molecule has 0 amide bonds. The molecule has 2 rings (SSSR count). The summed E-state index contributed by atoms with van der Waals surface area (Å²) < 4.78 is 7.00. The SMILES string of the molecule is CCCOC(=O)c1cncn1[C@@H](C)c1ccccc1.Cl. The summed E-state index contributed by atoms with van der Waals surface area (Å²) in [5.41, 5.74) is 1.62. The van der Waals surface area contributed by atoms with Crippen LogP contribution in [-0.4, -0.2) is 22.1 Å². The van der Waals surface area contributed by atoms with Crippen molar-refractivity contribution in [2.45, 2.75) is 26.3 Å². The second kappa shape index (κ2) is 7.70. The summed E-state index contributed by atoms with van der Waals surface area (Å²) in [6, 6.07) is 10.1. The molecule has 0 radical (unpaired) electrons. The quantitative estimate of drug-likeness (QED) is 0.793. The minimum absolute atomic E-state index is 0. The molecule has 4 nitrogen and oxygen atoms in total. The third kappa shape index (κ3) is 3.61. The Labute approximate surface area is 125 Å². The van der Waals surface area contributed by atoms with Crippen molar-refractivity contribution in [3.63, 3.8) is 0 Å². The number of carbonyl (C=O) groups is 1. The van der Waals surface area contributed by atoms with E-state index in [-0.39, 0.29) is 24.4 Å². The van der Waals surface area contributed by atoms with Gasteiger partial charge in [-0.05, 0) is 18.9 Å². The zero-order valence-electron chi connectivity index (χ0n) is 11.7. The van der Waals surface area contributed by atoms with Gasteiger partial charge in [-0.25, -0.2) is 9.78 Å². The van der Waals surface area contributed by atoms with Crippen molar-refractivity contribution in [3.8, 4) is 0 Å². The van der Waals surface area contributed by atoms with Crippen LogP contribution in [0.4, 0.5) is 0 Å². The first-order valence-corrected chi connectivity index (χ1v) is 6.48. The molecular weight excluding hydrogens is 276 g/mol. The first-order chi connectivity index (χ1) is 9.24. The second-order valence-corrected chi connectivity index (χ2v) is 4.41. The topological polar surface area (TPSA) is 44.1 Å². The molecule has 1 heterocycles. The summed E-state index contributed by atoms with van der Waals surface area (Å²) in [6.45, 7) is 4.44. The Morgan fingerprint density at radius 1 is 1.35 bits per heavy atom. The van der Waals surface area contributed by atoms with Crippen molar-refractivity contribution >= 4 is 18.4 Å². The van der Waals surface area contributed by atoms with Gasteiger partial charge in [0, 0.05) is 0 Å². The molecule has 0 unspecified atom stereocenters. The van der Waals surface area contributed by atoms with Crippen LogP contribution in [0.3, 0.4) is 0 Å². The molecule has 1 aromatic heterocycles. The van der Waals surface area contributed by atoms with E-state index in [4.69, 9.17) is 4.74 Å². The smallest absolute Gasteiger partial charge is 0.356 e. The van der Waals surface area contributed by atoms with Gasteiger partial charge in [-0.3, -0.25) is 0 Å². The molecule has 0 saturated carbocycles.